The first kappa shape index (κ1) is 13.8. The number of alkyl halides is 3. The van der Waals surface area contributed by atoms with Gasteiger partial charge in [-0.15, -0.1) is 0 Å². The molecule has 1 aliphatic rings. The van der Waals surface area contributed by atoms with Gasteiger partial charge in [-0.25, -0.2) is 0 Å². The second-order valence-corrected chi connectivity index (χ2v) is 4.60. The standard InChI is InChI=1S/C11H20F3NO/c1-2-15-7-10(5-3-4-6-10)8-16-9-11(12,13)14/h15H,2-9H2,1H3. The predicted molar refractivity (Wildman–Crippen MR) is 56.3 cm³/mol. The van der Waals surface area contributed by atoms with Crippen LogP contribution in [0.4, 0.5) is 13.2 Å². The Bertz CT molecular complexity index is 200. The minimum absolute atomic E-state index is 0.0682. The van der Waals surface area contributed by atoms with Crippen LogP contribution in [-0.2, 0) is 4.74 Å². The summed E-state index contributed by atoms with van der Waals surface area (Å²) in [6.45, 7) is 2.71. The lowest BCUT2D eigenvalue weighted by molar-refractivity contribution is -0.180. The van der Waals surface area contributed by atoms with E-state index in [0.29, 0.717) is 0 Å². The largest absolute Gasteiger partial charge is 0.411 e. The highest BCUT2D eigenvalue weighted by Gasteiger charge is 2.35. The third-order valence-electron chi connectivity index (χ3n) is 3.09. The van der Waals surface area contributed by atoms with Crippen molar-refractivity contribution in [3.8, 4) is 0 Å². The molecular formula is C11H20F3NO. The first-order chi connectivity index (χ1) is 7.47. The van der Waals surface area contributed by atoms with Crippen molar-refractivity contribution in [1.29, 1.82) is 0 Å². The number of rotatable bonds is 6. The van der Waals surface area contributed by atoms with E-state index in [-0.39, 0.29) is 12.0 Å². The van der Waals surface area contributed by atoms with E-state index in [2.05, 4.69) is 5.32 Å². The maximum absolute atomic E-state index is 12.0. The Kier molecular flexibility index (Phi) is 5.05. The van der Waals surface area contributed by atoms with Gasteiger partial charge in [-0.3, -0.25) is 0 Å². The molecule has 1 saturated carbocycles. The summed E-state index contributed by atoms with van der Waals surface area (Å²) in [5, 5.41) is 3.22. The Balaban J connectivity index is 2.33. The fraction of sp³-hybridized carbons (Fsp3) is 1.00. The zero-order valence-corrected chi connectivity index (χ0v) is 9.70. The van der Waals surface area contributed by atoms with Crippen molar-refractivity contribution >= 4 is 0 Å². The summed E-state index contributed by atoms with van der Waals surface area (Å²) in [4.78, 5) is 0. The average Bonchev–Trinajstić information content (AvgIpc) is 2.62. The molecule has 1 fully saturated rings. The molecule has 0 aliphatic heterocycles. The smallest absolute Gasteiger partial charge is 0.371 e. The number of halogens is 3. The predicted octanol–water partition coefficient (Wildman–Crippen LogP) is 2.74. The summed E-state index contributed by atoms with van der Waals surface area (Å²) in [5.41, 5.74) is -0.0682. The summed E-state index contributed by atoms with van der Waals surface area (Å²) in [6.07, 6.45) is -0.0742. The average molecular weight is 239 g/mol. The molecule has 0 spiro atoms. The maximum Gasteiger partial charge on any atom is 0.411 e. The van der Waals surface area contributed by atoms with Crippen molar-refractivity contribution in [3.63, 3.8) is 0 Å². The molecule has 0 heterocycles. The molecule has 1 aliphatic carbocycles. The molecular weight excluding hydrogens is 219 g/mol. The molecule has 1 N–H and O–H groups in total. The molecule has 0 bridgehead atoms. The highest BCUT2D eigenvalue weighted by atomic mass is 19.4. The van der Waals surface area contributed by atoms with E-state index < -0.39 is 12.8 Å². The van der Waals surface area contributed by atoms with Gasteiger partial charge in [0.2, 0.25) is 0 Å². The molecule has 96 valence electrons. The van der Waals surface area contributed by atoms with Crippen molar-refractivity contribution in [2.24, 2.45) is 5.41 Å². The summed E-state index contributed by atoms with van der Waals surface area (Å²) in [7, 11) is 0. The van der Waals surface area contributed by atoms with Crippen molar-refractivity contribution in [2.45, 2.75) is 38.8 Å². The van der Waals surface area contributed by atoms with Crippen LogP contribution in [-0.4, -0.2) is 32.5 Å². The fourth-order valence-electron chi connectivity index (χ4n) is 2.27. The molecule has 0 radical (unpaired) electrons. The number of ether oxygens (including phenoxy) is 1. The van der Waals surface area contributed by atoms with Gasteiger partial charge >= 0.3 is 6.18 Å². The Morgan fingerprint density at radius 1 is 1.25 bits per heavy atom. The molecule has 0 saturated heterocycles. The first-order valence-electron chi connectivity index (χ1n) is 5.83. The Morgan fingerprint density at radius 3 is 2.38 bits per heavy atom. The van der Waals surface area contributed by atoms with Crippen LogP contribution in [0.5, 0.6) is 0 Å². The van der Waals surface area contributed by atoms with Crippen LogP contribution in [0, 0.1) is 5.41 Å². The summed E-state index contributed by atoms with van der Waals surface area (Å²) >= 11 is 0. The van der Waals surface area contributed by atoms with E-state index in [4.69, 9.17) is 4.74 Å². The van der Waals surface area contributed by atoms with E-state index in [1.54, 1.807) is 0 Å². The van der Waals surface area contributed by atoms with Crippen molar-refractivity contribution in [1.82, 2.24) is 5.32 Å². The van der Waals surface area contributed by atoms with E-state index >= 15 is 0 Å². The molecule has 2 nitrogen and oxygen atoms in total. The normalized spacial score (nSPS) is 20.2. The fourth-order valence-corrected chi connectivity index (χ4v) is 2.27. The zero-order valence-electron chi connectivity index (χ0n) is 9.70. The van der Waals surface area contributed by atoms with E-state index in [0.717, 1.165) is 38.8 Å². The quantitative estimate of drug-likeness (QED) is 0.769. The molecule has 0 unspecified atom stereocenters. The summed E-state index contributed by atoms with van der Waals surface area (Å²) in [6, 6.07) is 0. The van der Waals surface area contributed by atoms with Gasteiger partial charge in [0.05, 0.1) is 6.61 Å². The number of hydrogen-bond acceptors (Lipinski definition) is 2. The third-order valence-corrected chi connectivity index (χ3v) is 3.09. The van der Waals surface area contributed by atoms with E-state index in [1.165, 1.54) is 0 Å². The molecule has 0 aromatic heterocycles. The Hall–Kier alpha value is -0.290. The van der Waals surface area contributed by atoms with Crippen LogP contribution in [0.2, 0.25) is 0 Å². The van der Waals surface area contributed by atoms with Gasteiger partial charge < -0.3 is 10.1 Å². The number of hydrogen-bond donors (Lipinski definition) is 1. The van der Waals surface area contributed by atoms with Crippen molar-refractivity contribution in [3.05, 3.63) is 0 Å². The lowest BCUT2D eigenvalue weighted by Crippen LogP contribution is -2.37. The monoisotopic (exact) mass is 239 g/mol. The molecule has 0 amide bonds. The third kappa shape index (κ3) is 4.70. The van der Waals surface area contributed by atoms with Gasteiger partial charge in [0.25, 0.3) is 0 Å². The van der Waals surface area contributed by atoms with Crippen LogP contribution >= 0.6 is 0 Å². The first-order valence-corrected chi connectivity index (χ1v) is 5.83. The molecule has 1 rings (SSSR count). The minimum Gasteiger partial charge on any atom is -0.371 e. The van der Waals surface area contributed by atoms with Gasteiger partial charge in [-0.2, -0.15) is 13.2 Å². The Labute approximate surface area is 94.5 Å². The highest BCUT2D eigenvalue weighted by molar-refractivity contribution is 4.86. The van der Waals surface area contributed by atoms with Crippen LogP contribution in [0.25, 0.3) is 0 Å². The second kappa shape index (κ2) is 5.87. The SMILES string of the molecule is CCNCC1(COCC(F)(F)F)CCCC1. The molecule has 0 aromatic carbocycles. The van der Waals surface area contributed by atoms with Gasteiger partial charge in [-0.1, -0.05) is 19.8 Å². The Morgan fingerprint density at radius 2 is 1.88 bits per heavy atom. The van der Waals surface area contributed by atoms with Crippen LogP contribution in [0.1, 0.15) is 32.6 Å². The topological polar surface area (TPSA) is 21.3 Å². The van der Waals surface area contributed by atoms with Crippen LogP contribution in [0.3, 0.4) is 0 Å². The van der Waals surface area contributed by atoms with Crippen molar-refractivity contribution < 1.29 is 17.9 Å². The van der Waals surface area contributed by atoms with Gasteiger partial charge in [0, 0.05) is 12.0 Å². The second-order valence-electron chi connectivity index (χ2n) is 4.60. The minimum atomic E-state index is -4.21. The van der Waals surface area contributed by atoms with Crippen molar-refractivity contribution in [2.75, 3.05) is 26.3 Å². The van der Waals surface area contributed by atoms with Crippen LogP contribution in [0.15, 0.2) is 0 Å². The molecule has 0 aromatic rings. The van der Waals surface area contributed by atoms with Gasteiger partial charge in [0.15, 0.2) is 0 Å². The highest BCUT2D eigenvalue weighted by Crippen LogP contribution is 2.38. The molecule has 5 heteroatoms. The van der Waals surface area contributed by atoms with E-state index in [9.17, 15) is 13.2 Å². The van der Waals surface area contributed by atoms with Gasteiger partial charge in [-0.05, 0) is 19.4 Å². The van der Waals surface area contributed by atoms with Crippen LogP contribution < -0.4 is 5.32 Å². The summed E-state index contributed by atoms with van der Waals surface area (Å²) in [5.74, 6) is 0. The maximum atomic E-state index is 12.0. The lowest BCUT2D eigenvalue weighted by atomic mass is 9.87. The molecule has 0 atom stereocenters. The summed E-state index contributed by atoms with van der Waals surface area (Å²) < 4.78 is 40.7. The van der Waals surface area contributed by atoms with E-state index in [1.807, 2.05) is 6.92 Å². The number of nitrogens with one attached hydrogen (secondary N) is 1. The van der Waals surface area contributed by atoms with Gasteiger partial charge in [0.1, 0.15) is 6.61 Å². The zero-order chi connectivity index (χ0) is 12.1. The molecule has 16 heavy (non-hydrogen) atoms. The lowest BCUT2D eigenvalue weighted by Gasteiger charge is -2.29.